The number of hydrogen-bond acceptors (Lipinski definition) is 4. The van der Waals surface area contributed by atoms with E-state index in [2.05, 4.69) is 0 Å². The third-order valence-corrected chi connectivity index (χ3v) is 4.28. The first-order chi connectivity index (χ1) is 12.4. The molecule has 0 bridgehead atoms. The Morgan fingerprint density at radius 3 is 1.93 bits per heavy atom. The Bertz CT molecular complexity index is 623. The predicted octanol–water partition coefficient (Wildman–Crippen LogP) is 4.53. The molecule has 6 heteroatoms. The van der Waals surface area contributed by atoms with Gasteiger partial charge in [-0.05, 0) is 34.6 Å². The third-order valence-electron chi connectivity index (χ3n) is 4.28. The normalized spacial score (nSPS) is 25.4. The number of carboxylic acids is 1. The molecule has 0 radical (unpaired) electrons. The fourth-order valence-corrected chi connectivity index (χ4v) is 3.24. The van der Waals surface area contributed by atoms with E-state index in [1.807, 2.05) is 57.2 Å². The molecule has 0 aromatic heterocycles. The molecule has 0 aromatic rings. The number of ether oxygens (including phenoxy) is 2. The number of aliphatic carboxylic acids is 1. The van der Waals surface area contributed by atoms with Crippen LogP contribution in [0.1, 0.15) is 55.4 Å². The molecule has 0 spiro atoms. The number of rotatable bonds is 2. The fourth-order valence-electron chi connectivity index (χ4n) is 3.24. The molecule has 2 aliphatic rings. The van der Waals surface area contributed by atoms with Gasteiger partial charge in [0.25, 0.3) is 0 Å². The molecule has 2 rings (SSSR count). The van der Waals surface area contributed by atoms with E-state index in [0.717, 1.165) is 0 Å². The van der Waals surface area contributed by atoms with Crippen molar-refractivity contribution in [2.45, 2.75) is 78.9 Å². The molecule has 1 amide bonds. The summed E-state index contributed by atoms with van der Waals surface area (Å²) in [6.45, 7) is 14.6. The first-order valence-electron chi connectivity index (χ1n) is 9.34. The number of amides is 1. The van der Waals surface area contributed by atoms with Crippen LogP contribution in [0, 0.1) is 5.41 Å². The van der Waals surface area contributed by atoms with Gasteiger partial charge in [-0.1, -0.05) is 57.2 Å². The van der Waals surface area contributed by atoms with Crippen LogP contribution in [0.4, 0.5) is 4.79 Å². The molecule has 1 unspecified atom stereocenters. The first kappa shape index (κ1) is 23.0. The van der Waals surface area contributed by atoms with Gasteiger partial charge in [-0.25, -0.2) is 9.59 Å². The lowest BCUT2D eigenvalue weighted by atomic mass is 9.78. The molecular formula is C21H33NO5. The van der Waals surface area contributed by atoms with Gasteiger partial charge in [0.05, 0.1) is 6.04 Å². The zero-order chi connectivity index (χ0) is 21.0. The molecular weight excluding hydrogens is 346 g/mol. The molecule has 1 saturated heterocycles. The van der Waals surface area contributed by atoms with Gasteiger partial charge in [-0.3, -0.25) is 4.90 Å². The highest BCUT2D eigenvalue weighted by Gasteiger charge is 2.59. The van der Waals surface area contributed by atoms with Crippen molar-refractivity contribution in [1.29, 1.82) is 0 Å². The Kier molecular flexibility index (Phi) is 7.05. The summed E-state index contributed by atoms with van der Waals surface area (Å²) in [6.07, 6.45) is 9.42. The van der Waals surface area contributed by atoms with Gasteiger partial charge in [0, 0.05) is 5.41 Å². The first-order valence-corrected chi connectivity index (χ1v) is 9.34. The standard InChI is InChI=1S/C19H27NO5.C2H6/c1-17(2,3)25-16(23)20-14(13(15(21)22)24-18(20,4)5)19(6)11-9-7-8-10-12-19;1-2/h7-14H,1-6H3,(H,21,22);1-2H3/t13?,14-;/m1./s1. The molecule has 1 aliphatic heterocycles. The van der Waals surface area contributed by atoms with Gasteiger partial charge in [0.15, 0.2) is 6.10 Å². The van der Waals surface area contributed by atoms with Crippen LogP contribution in [0.15, 0.2) is 36.5 Å². The Balaban J connectivity index is 0.00000176. The number of carboxylic acid groups (broad SMARTS) is 1. The lowest BCUT2D eigenvalue weighted by Gasteiger charge is -2.40. The van der Waals surface area contributed by atoms with Crippen molar-refractivity contribution in [2.24, 2.45) is 5.41 Å². The number of nitrogens with zero attached hydrogens (tertiary/aromatic N) is 1. The topological polar surface area (TPSA) is 76.1 Å². The molecule has 1 fully saturated rings. The van der Waals surface area contributed by atoms with Crippen LogP contribution in [-0.2, 0) is 14.3 Å². The summed E-state index contributed by atoms with van der Waals surface area (Å²) in [4.78, 5) is 26.2. The van der Waals surface area contributed by atoms with E-state index in [0.29, 0.717) is 0 Å². The Labute approximate surface area is 162 Å². The highest BCUT2D eigenvalue weighted by Crippen LogP contribution is 2.44. The maximum atomic E-state index is 12.9. The molecule has 2 atom stereocenters. The molecule has 27 heavy (non-hydrogen) atoms. The second kappa shape index (κ2) is 8.30. The minimum atomic E-state index is -1.17. The summed E-state index contributed by atoms with van der Waals surface area (Å²) < 4.78 is 11.3. The largest absolute Gasteiger partial charge is 0.479 e. The monoisotopic (exact) mass is 379 g/mol. The minimum Gasteiger partial charge on any atom is -0.479 e. The van der Waals surface area contributed by atoms with Crippen molar-refractivity contribution in [2.75, 3.05) is 0 Å². The van der Waals surface area contributed by atoms with Crippen LogP contribution in [0.3, 0.4) is 0 Å². The van der Waals surface area contributed by atoms with Gasteiger partial charge < -0.3 is 14.6 Å². The SMILES string of the molecule is CC.CC(C)(C)OC(=O)N1[C@@H](C2(C)C=CC=CC=C2)C(C(=O)O)OC1(C)C. The molecule has 1 aliphatic carbocycles. The summed E-state index contributed by atoms with van der Waals surface area (Å²) >= 11 is 0. The maximum absolute atomic E-state index is 12.9. The average Bonchev–Trinajstić information content (AvgIpc) is 2.67. The Hall–Kier alpha value is -2.08. The summed E-state index contributed by atoms with van der Waals surface area (Å²) in [5, 5.41) is 9.70. The van der Waals surface area contributed by atoms with Crippen molar-refractivity contribution in [3.8, 4) is 0 Å². The minimum absolute atomic E-state index is 0.591. The number of carbonyl (C=O) groups is 2. The van der Waals surface area contributed by atoms with Gasteiger partial charge in [0.1, 0.15) is 11.3 Å². The van der Waals surface area contributed by atoms with Gasteiger partial charge in [0.2, 0.25) is 0 Å². The quantitative estimate of drug-likeness (QED) is 0.763. The van der Waals surface area contributed by atoms with E-state index in [1.165, 1.54) is 4.90 Å². The van der Waals surface area contributed by atoms with Crippen molar-refractivity contribution in [3.05, 3.63) is 36.5 Å². The van der Waals surface area contributed by atoms with E-state index < -0.39 is 40.9 Å². The predicted molar refractivity (Wildman–Crippen MR) is 105 cm³/mol. The van der Waals surface area contributed by atoms with Gasteiger partial charge in [-0.2, -0.15) is 0 Å². The Morgan fingerprint density at radius 1 is 1.04 bits per heavy atom. The van der Waals surface area contributed by atoms with E-state index >= 15 is 0 Å². The summed E-state index contributed by atoms with van der Waals surface area (Å²) in [5.41, 5.74) is -2.53. The van der Waals surface area contributed by atoms with Crippen LogP contribution in [-0.4, -0.2) is 45.5 Å². The zero-order valence-corrected chi connectivity index (χ0v) is 17.6. The van der Waals surface area contributed by atoms with E-state index in [9.17, 15) is 14.7 Å². The highest BCUT2D eigenvalue weighted by molar-refractivity contribution is 5.78. The van der Waals surface area contributed by atoms with E-state index in [-0.39, 0.29) is 0 Å². The molecule has 1 N–H and O–H groups in total. The van der Waals surface area contributed by atoms with Crippen LogP contribution >= 0.6 is 0 Å². The Morgan fingerprint density at radius 2 is 1.52 bits per heavy atom. The second-order valence-electron chi connectivity index (χ2n) is 8.09. The molecule has 6 nitrogen and oxygen atoms in total. The number of hydrogen-bond donors (Lipinski definition) is 1. The van der Waals surface area contributed by atoms with Crippen molar-refractivity contribution >= 4 is 12.1 Å². The fraction of sp³-hybridized carbons (Fsp3) is 0.619. The van der Waals surface area contributed by atoms with Crippen LogP contribution in [0.2, 0.25) is 0 Å². The molecule has 0 aromatic carbocycles. The van der Waals surface area contributed by atoms with Gasteiger partial charge >= 0.3 is 12.1 Å². The van der Waals surface area contributed by atoms with E-state index in [4.69, 9.17) is 9.47 Å². The average molecular weight is 379 g/mol. The maximum Gasteiger partial charge on any atom is 0.412 e. The number of allylic oxidation sites excluding steroid dienone is 4. The lowest BCUT2D eigenvalue weighted by molar-refractivity contribution is -0.155. The van der Waals surface area contributed by atoms with Crippen molar-refractivity contribution < 1.29 is 24.2 Å². The van der Waals surface area contributed by atoms with Crippen LogP contribution < -0.4 is 0 Å². The van der Waals surface area contributed by atoms with Gasteiger partial charge in [-0.15, -0.1) is 0 Å². The number of carbonyl (C=O) groups excluding carboxylic acids is 1. The lowest BCUT2D eigenvalue weighted by Crippen LogP contribution is -2.55. The van der Waals surface area contributed by atoms with E-state index in [1.54, 1.807) is 34.6 Å². The highest BCUT2D eigenvalue weighted by atomic mass is 16.6. The molecule has 152 valence electrons. The van der Waals surface area contributed by atoms with Crippen LogP contribution in [0.25, 0.3) is 0 Å². The van der Waals surface area contributed by atoms with Crippen LogP contribution in [0.5, 0.6) is 0 Å². The molecule has 1 heterocycles. The van der Waals surface area contributed by atoms with Crippen molar-refractivity contribution in [3.63, 3.8) is 0 Å². The third kappa shape index (κ3) is 5.22. The molecule has 0 saturated carbocycles. The van der Waals surface area contributed by atoms with Crippen molar-refractivity contribution in [1.82, 2.24) is 4.90 Å². The zero-order valence-electron chi connectivity index (χ0n) is 17.6. The summed E-state index contributed by atoms with van der Waals surface area (Å²) in [6, 6.07) is -0.748. The second-order valence-corrected chi connectivity index (χ2v) is 8.09. The summed E-state index contributed by atoms with van der Waals surface area (Å²) in [7, 11) is 0. The summed E-state index contributed by atoms with van der Waals surface area (Å²) in [5.74, 6) is -1.11. The smallest absolute Gasteiger partial charge is 0.412 e.